The van der Waals surface area contributed by atoms with Crippen molar-refractivity contribution in [1.82, 2.24) is 9.80 Å². The van der Waals surface area contributed by atoms with Crippen molar-refractivity contribution >= 4 is 9.84 Å². The second kappa shape index (κ2) is 6.94. The number of rotatable bonds is 5. The van der Waals surface area contributed by atoms with E-state index in [1.165, 1.54) is 6.26 Å². The number of sulfone groups is 1. The van der Waals surface area contributed by atoms with Gasteiger partial charge in [0.1, 0.15) is 9.84 Å². The zero-order valence-corrected chi connectivity index (χ0v) is 14.2. The van der Waals surface area contributed by atoms with Crippen LogP contribution in [0, 0.1) is 5.92 Å². The van der Waals surface area contributed by atoms with Gasteiger partial charge in [0.05, 0.1) is 11.4 Å². The first kappa shape index (κ1) is 17.2. The van der Waals surface area contributed by atoms with E-state index in [4.69, 9.17) is 0 Å². The summed E-state index contributed by atoms with van der Waals surface area (Å²) in [5.74, 6) is 0.993. The Hall–Kier alpha value is -0.170. The summed E-state index contributed by atoms with van der Waals surface area (Å²) in [6, 6.07) is 0. The molecule has 0 radical (unpaired) electrons. The monoisotopic (exact) mass is 318 g/mol. The van der Waals surface area contributed by atoms with E-state index in [2.05, 4.69) is 16.7 Å². The fourth-order valence-corrected chi connectivity index (χ4v) is 3.93. The molecule has 2 rings (SSSR count). The average molecular weight is 318 g/mol. The molecule has 0 aromatic carbocycles. The van der Waals surface area contributed by atoms with E-state index in [0.717, 1.165) is 64.3 Å². The minimum atomic E-state index is -2.87. The quantitative estimate of drug-likeness (QED) is 0.804. The smallest absolute Gasteiger partial charge is 0.148 e. The number of aliphatic hydroxyl groups is 1. The van der Waals surface area contributed by atoms with Crippen molar-refractivity contribution in [3.05, 3.63) is 0 Å². The molecule has 0 unspecified atom stereocenters. The molecular weight excluding hydrogens is 288 g/mol. The number of nitrogens with zero attached hydrogens (tertiary/aromatic N) is 2. The second-order valence-electron chi connectivity index (χ2n) is 7.15. The largest absolute Gasteiger partial charge is 0.389 e. The van der Waals surface area contributed by atoms with E-state index in [-0.39, 0.29) is 5.75 Å². The molecule has 0 aromatic heterocycles. The number of β-amino-alcohol motifs (C(OH)–C–C–N with tert-alkyl or cyclic N) is 1. The molecule has 2 fully saturated rings. The third kappa shape index (κ3) is 5.85. The van der Waals surface area contributed by atoms with Gasteiger partial charge in [-0.15, -0.1) is 0 Å². The molecule has 1 saturated carbocycles. The second-order valence-corrected chi connectivity index (χ2v) is 9.41. The molecule has 6 heteroatoms. The van der Waals surface area contributed by atoms with Gasteiger partial charge in [0.2, 0.25) is 0 Å². The highest BCUT2D eigenvalue weighted by Crippen LogP contribution is 2.32. The van der Waals surface area contributed by atoms with Gasteiger partial charge in [-0.05, 0) is 31.6 Å². The maximum absolute atomic E-state index is 11.2. The van der Waals surface area contributed by atoms with E-state index in [1.807, 2.05) is 0 Å². The van der Waals surface area contributed by atoms with Crippen LogP contribution in [0.2, 0.25) is 0 Å². The van der Waals surface area contributed by atoms with Crippen molar-refractivity contribution in [2.45, 2.75) is 38.2 Å². The summed E-state index contributed by atoms with van der Waals surface area (Å²) >= 11 is 0. The summed E-state index contributed by atoms with van der Waals surface area (Å²) in [5, 5.41) is 10.7. The van der Waals surface area contributed by atoms with E-state index in [1.54, 1.807) is 0 Å². The van der Waals surface area contributed by atoms with Crippen LogP contribution in [-0.4, -0.2) is 80.2 Å². The van der Waals surface area contributed by atoms with Gasteiger partial charge in [0, 0.05) is 45.5 Å². The van der Waals surface area contributed by atoms with Gasteiger partial charge in [-0.1, -0.05) is 6.92 Å². The minimum Gasteiger partial charge on any atom is -0.389 e. The van der Waals surface area contributed by atoms with Gasteiger partial charge in [0.25, 0.3) is 0 Å². The fraction of sp³-hybridized carbons (Fsp3) is 1.00. The Morgan fingerprint density at radius 3 is 2.14 bits per heavy atom. The molecule has 124 valence electrons. The molecule has 0 amide bonds. The van der Waals surface area contributed by atoms with Crippen LogP contribution in [0.4, 0.5) is 0 Å². The zero-order valence-electron chi connectivity index (χ0n) is 13.4. The molecular formula is C15H30N2O3S. The molecule has 1 N–H and O–H groups in total. The van der Waals surface area contributed by atoms with Crippen molar-refractivity contribution in [2.24, 2.45) is 5.92 Å². The standard InChI is InChI=1S/C15H30N2O3S/c1-14-3-5-15(18,6-4-14)13-17-9-7-16(8-10-17)11-12-21(2,19)20/h14,18H,3-13H2,1-2H3. The zero-order chi connectivity index (χ0) is 15.5. The molecule has 21 heavy (non-hydrogen) atoms. The minimum absolute atomic E-state index is 0.245. The molecule has 0 aromatic rings. The molecule has 5 nitrogen and oxygen atoms in total. The van der Waals surface area contributed by atoms with E-state index < -0.39 is 15.4 Å². The van der Waals surface area contributed by atoms with E-state index in [0.29, 0.717) is 6.54 Å². The van der Waals surface area contributed by atoms with Crippen molar-refractivity contribution < 1.29 is 13.5 Å². The maximum atomic E-state index is 11.2. The lowest BCUT2D eigenvalue weighted by Crippen LogP contribution is -2.53. The molecule has 1 saturated heterocycles. The van der Waals surface area contributed by atoms with Crippen molar-refractivity contribution in [1.29, 1.82) is 0 Å². The van der Waals surface area contributed by atoms with Crippen molar-refractivity contribution in [2.75, 3.05) is 51.3 Å². The first-order valence-electron chi connectivity index (χ1n) is 8.11. The summed E-state index contributed by atoms with van der Waals surface area (Å²) < 4.78 is 22.4. The molecule has 0 bridgehead atoms. The summed E-state index contributed by atoms with van der Waals surface area (Å²) in [7, 11) is -2.87. The van der Waals surface area contributed by atoms with Crippen LogP contribution < -0.4 is 0 Å². The van der Waals surface area contributed by atoms with Crippen LogP contribution in [0.1, 0.15) is 32.6 Å². The Morgan fingerprint density at radius 2 is 1.62 bits per heavy atom. The third-order valence-electron chi connectivity index (χ3n) is 4.97. The Balaban J connectivity index is 1.71. The number of hydrogen-bond donors (Lipinski definition) is 1. The molecule has 0 spiro atoms. The lowest BCUT2D eigenvalue weighted by Gasteiger charge is -2.42. The summed E-state index contributed by atoms with van der Waals surface area (Å²) in [5.41, 5.74) is -0.499. The Labute approximate surface area is 129 Å². The van der Waals surface area contributed by atoms with Crippen molar-refractivity contribution in [3.63, 3.8) is 0 Å². The lowest BCUT2D eigenvalue weighted by molar-refractivity contribution is -0.0429. The van der Waals surface area contributed by atoms with Crippen LogP contribution in [-0.2, 0) is 9.84 Å². The normalized spacial score (nSPS) is 33.2. The van der Waals surface area contributed by atoms with Crippen LogP contribution >= 0.6 is 0 Å². The molecule has 2 aliphatic rings. The first-order valence-corrected chi connectivity index (χ1v) is 10.2. The van der Waals surface area contributed by atoms with Crippen LogP contribution in [0.15, 0.2) is 0 Å². The highest BCUT2D eigenvalue weighted by molar-refractivity contribution is 7.90. The van der Waals surface area contributed by atoms with E-state index in [9.17, 15) is 13.5 Å². The highest BCUT2D eigenvalue weighted by atomic mass is 32.2. The number of hydrogen-bond acceptors (Lipinski definition) is 5. The Bertz CT molecular complexity index is 422. The van der Waals surface area contributed by atoms with Crippen LogP contribution in [0.25, 0.3) is 0 Å². The van der Waals surface area contributed by atoms with Gasteiger partial charge in [-0.25, -0.2) is 8.42 Å². The molecule has 0 atom stereocenters. The van der Waals surface area contributed by atoms with Gasteiger partial charge in [0.15, 0.2) is 0 Å². The van der Waals surface area contributed by atoms with Gasteiger partial charge in [-0.3, -0.25) is 9.80 Å². The predicted octanol–water partition coefficient (Wildman–Crippen LogP) is 0.590. The Morgan fingerprint density at radius 1 is 1.10 bits per heavy atom. The van der Waals surface area contributed by atoms with E-state index >= 15 is 0 Å². The van der Waals surface area contributed by atoms with Crippen LogP contribution in [0.3, 0.4) is 0 Å². The highest BCUT2D eigenvalue weighted by Gasteiger charge is 2.34. The number of piperazine rings is 1. The van der Waals surface area contributed by atoms with Gasteiger partial charge < -0.3 is 5.11 Å². The van der Waals surface area contributed by atoms with Gasteiger partial charge >= 0.3 is 0 Å². The Kier molecular flexibility index (Phi) is 5.68. The average Bonchev–Trinajstić information content (AvgIpc) is 2.41. The first-order chi connectivity index (χ1) is 9.76. The predicted molar refractivity (Wildman–Crippen MR) is 85.2 cm³/mol. The summed E-state index contributed by atoms with van der Waals surface area (Å²) in [4.78, 5) is 4.55. The molecule has 1 heterocycles. The lowest BCUT2D eigenvalue weighted by atomic mass is 9.79. The molecule has 1 aliphatic heterocycles. The fourth-order valence-electron chi connectivity index (χ4n) is 3.34. The SMILES string of the molecule is CC1CCC(O)(CN2CCN(CCS(C)(=O)=O)CC2)CC1. The van der Waals surface area contributed by atoms with Crippen LogP contribution in [0.5, 0.6) is 0 Å². The summed E-state index contributed by atoms with van der Waals surface area (Å²) in [6.45, 7) is 7.35. The molecule has 1 aliphatic carbocycles. The van der Waals surface area contributed by atoms with Gasteiger partial charge in [-0.2, -0.15) is 0 Å². The third-order valence-corrected chi connectivity index (χ3v) is 5.89. The summed E-state index contributed by atoms with van der Waals surface area (Å²) in [6.07, 6.45) is 5.39. The maximum Gasteiger partial charge on any atom is 0.148 e. The topological polar surface area (TPSA) is 60.9 Å². The van der Waals surface area contributed by atoms with Crippen molar-refractivity contribution in [3.8, 4) is 0 Å².